The van der Waals surface area contributed by atoms with Gasteiger partial charge in [-0.15, -0.1) is 0 Å². The number of carbonyl (C=O) groups is 1. The van der Waals surface area contributed by atoms with Gasteiger partial charge in [-0.25, -0.2) is 0 Å². The first-order chi connectivity index (χ1) is 6.02. The van der Waals surface area contributed by atoms with E-state index in [2.05, 4.69) is 12.6 Å². The molecule has 2 nitrogen and oxygen atoms in total. The second kappa shape index (κ2) is 4.22. The largest absolute Gasteiger partial charge is 0.272 e. The van der Waals surface area contributed by atoms with Gasteiger partial charge >= 0.3 is 0 Å². The summed E-state index contributed by atoms with van der Waals surface area (Å²) in [5.74, 6) is -0.799. The highest BCUT2D eigenvalue weighted by Gasteiger charge is 2.16. The summed E-state index contributed by atoms with van der Waals surface area (Å²) in [6, 6.07) is 4.72. The molecule has 1 amide bonds. The lowest BCUT2D eigenvalue weighted by molar-refractivity contribution is -0.118. The van der Waals surface area contributed by atoms with Gasteiger partial charge in [0.1, 0.15) is 5.25 Å². The molecule has 0 aliphatic heterocycles. The van der Waals surface area contributed by atoms with Crippen molar-refractivity contribution < 1.29 is 4.79 Å². The minimum atomic E-state index is -0.828. The van der Waals surface area contributed by atoms with Gasteiger partial charge < -0.3 is 0 Å². The highest BCUT2D eigenvalue weighted by Crippen LogP contribution is 2.29. The summed E-state index contributed by atoms with van der Waals surface area (Å²) in [6.45, 7) is 0. The molecule has 1 radical (unpaired) electrons. The second-order valence-corrected chi connectivity index (χ2v) is 3.79. The molecular weight excluding hydrogens is 229 g/mol. The van der Waals surface area contributed by atoms with Crippen molar-refractivity contribution in [2.45, 2.75) is 5.25 Å². The Bertz CT molecular complexity index is 343. The Morgan fingerprint density at radius 1 is 1.46 bits per heavy atom. The lowest BCUT2D eigenvalue weighted by atomic mass is 10.1. The van der Waals surface area contributed by atoms with Crippen LogP contribution in [0.5, 0.6) is 0 Å². The van der Waals surface area contributed by atoms with Crippen molar-refractivity contribution in [3.63, 3.8) is 0 Å². The molecule has 1 atom stereocenters. The number of halogens is 2. The molecule has 1 unspecified atom stereocenters. The Morgan fingerprint density at radius 2 is 2.08 bits per heavy atom. The quantitative estimate of drug-likeness (QED) is 0.786. The van der Waals surface area contributed by atoms with Gasteiger partial charge in [-0.3, -0.25) is 10.5 Å². The maximum absolute atomic E-state index is 10.7. The molecule has 0 saturated heterocycles. The molecule has 0 spiro atoms. The molecule has 1 aromatic carbocycles. The van der Waals surface area contributed by atoms with Gasteiger partial charge in [0.2, 0.25) is 0 Å². The van der Waals surface area contributed by atoms with Crippen LogP contribution in [-0.2, 0) is 4.79 Å². The van der Waals surface area contributed by atoms with E-state index in [0.717, 1.165) is 0 Å². The molecule has 0 aromatic heterocycles. The first-order valence-corrected chi connectivity index (χ1v) is 4.68. The fourth-order valence-corrected chi connectivity index (χ4v) is 1.56. The van der Waals surface area contributed by atoms with Gasteiger partial charge in [0.15, 0.2) is 0 Å². The zero-order chi connectivity index (χ0) is 10.0. The van der Waals surface area contributed by atoms with Crippen LogP contribution in [0.15, 0.2) is 18.2 Å². The van der Waals surface area contributed by atoms with Crippen LogP contribution >= 0.6 is 35.8 Å². The summed E-state index contributed by atoms with van der Waals surface area (Å²) in [7, 11) is 0. The zero-order valence-corrected chi connectivity index (χ0v) is 8.83. The van der Waals surface area contributed by atoms with E-state index in [1.165, 1.54) is 6.07 Å². The van der Waals surface area contributed by atoms with Gasteiger partial charge in [-0.05, 0) is 23.8 Å². The third kappa shape index (κ3) is 2.53. The smallest absolute Gasteiger partial charge is 0.255 e. The van der Waals surface area contributed by atoms with E-state index in [4.69, 9.17) is 28.9 Å². The molecule has 0 fully saturated rings. The summed E-state index contributed by atoms with van der Waals surface area (Å²) in [4.78, 5) is 10.7. The van der Waals surface area contributed by atoms with E-state index >= 15 is 0 Å². The topological polar surface area (TPSA) is 40.9 Å². The van der Waals surface area contributed by atoms with E-state index in [1.807, 2.05) is 0 Å². The maximum Gasteiger partial charge on any atom is 0.255 e. The lowest BCUT2D eigenvalue weighted by Gasteiger charge is -2.08. The lowest BCUT2D eigenvalue weighted by Crippen LogP contribution is -2.07. The number of hydrogen-bond donors (Lipinski definition) is 1. The Kier molecular flexibility index (Phi) is 3.47. The highest BCUT2D eigenvalue weighted by molar-refractivity contribution is 7.81. The molecule has 1 rings (SSSR count). The van der Waals surface area contributed by atoms with Crippen molar-refractivity contribution in [2.24, 2.45) is 0 Å². The Labute approximate surface area is 91.4 Å². The fourth-order valence-electron chi connectivity index (χ4n) is 0.865. The second-order valence-electron chi connectivity index (χ2n) is 2.43. The van der Waals surface area contributed by atoms with Crippen LogP contribution in [0.4, 0.5) is 0 Å². The average Bonchev–Trinajstić information content (AvgIpc) is 2.08. The number of carbonyl (C=O) groups excluding carboxylic acids is 1. The molecule has 13 heavy (non-hydrogen) atoms. The first-order valence-electron chi connectivity index (χ1n) is 3.41. The van der Waals surface area contributed by atoms with Crippen LogP contribution in [0.3, 0.4) is 0 Å². The molecule has 1 aromatic rings. The third-order valence-corrected chi connectivity index (χ3v) is 2.59. The molecule has 0 aliphatic carbocycles. The standard InChI is InChI=1S/C8H6Cl2NOS/c9-4-1-2-6(10)5(3-4)7(13)8(11)12/h1-3,7,11,13H. The SMILES string of the molecule is [NH]C(=O)C(S)c1cc(Cl)ccc1Cl. The predicted molar refractivity (Wildman–Crippen MR) is 56.3 cm³/mol. The Balaban J connectivity index is 3.12. The number of benzene rings is 1. The molecule has 69 valence electrons. The van der Waals surface area contributed by atoms with Crippen molar-refractivity contribution in [1.29, 1.82) is 0 Å². The first kappa shape index (κ1) is 10.7. The van der Waals surface area contributed by atoms with Crippen molar-refractivity contribution in [2.75, 3.05) is 0 Å². The summed E-state index contributed by atoms with van der Waals surface area (Å²) in [6.07, 6.45) is 0. The van der Waals surface area contributed by atoms with Gasteiger partial charge in [0, 0.05) is 10.0 Å². The van der Waals surface area contributed by atoms with E-state index in [9.17, 15) is 4.79 Å². The van der Waals surface area contributed by atoms with E-state index in [-0.39, 0.29) is 0 Å². The number of rotatable bonds is 2. The number of thiol groups is 1. The number of nitrogens with one attached hydrogen (secondary N) is 1. The molecular formula is C8H6Cl2NOS. The molecule has 1 N–H and O–H groups in total. The predicted octanol–water partition coefficient (Wildman–Crippen LogP) is 2.77. The molecule has 0 heterocycles. The Morgan fingerprint density at radius 3 is 2.62 bits per heavy atom. The van der Waals surface area contributed by atoms with Crippen LogP contribution in [0, 0.1) is 0 Å². The minimum absolute atomic E-state index is 0.394. The van der Waals surface area contributed by atoms with Crippen molar-refractivity contribution >= 4 is 41.7 Å². The Hall–Kier alpha value is -0.380. The van der Waals surface area contributed by atoms with Crippen molar-refractivity contribution in [1.82, 2.24) is 5.73 Å². The molecule has 0 aliphatic rings. The number of hydrogen-bond acceptors (Lipinski definition) is 2. The van der Waals surface area contributed by atoms with E-state index in [1.54, 1.807) is 12.1 Å². The minimum Gasteiger partial charge on any atom is -0.272 e. The average molecular weight is 235 g/mol. The van der Waals surface area contributed by atoms with Crippen molar-refractivity contribution in [3.8, 4) is 0 Å². The van der Waals surface area contributed by atoms with E-state index < -0.39 is 11.2 Å². The van der Waals surface area contributed by atoms with Gasteiger partial charge in [-0.1, -0.05) is 23.2 Å². The van der Waals surface area contributed by atoms with Gasteiger partial charge in [-0.2, -0.15) is 12.6 Å². The molecule has 0 saturated carbocycles. The zero-order valence-electron chi connectivity index (χ0n) is 6.42. The molecule has 0 bridgehead atoms. The highest BCUT2D eigenvalue weighted by atomic mass is 35.5. The van der Waals surface area contributed by atoms with Gasteiger partial charge in [0.25, 0.3) is 5.91 Å². The number of amides is 1. The van der Waals surface area contributed by atoms with Crippen LogP contribution in [0.1, 0.15) is 10.8 Å². The van der Waals surface area contributed by atoms with Gasteiger partial charge in [0.05, 0.1) is 0 Å². The van der Waals surface area contributed by atoms with Crippen LogP contribution in [0.25, 0.3) is 0 Å². The van der Waals surface area contributed by atoms with E-state index in [0.29, 0.717) is 15.6 Å². The summed E-state index contributed by atoms with van der Waals surface area (Å²) >= 11 is 15.4. The van der Waals surface area contributed by atoms with Crippen LogP contribution in [-0.4, -0.2) is 5.91 Å². The molecule has 5 heteroatoms. The summed E-state index contributed by atoms with van der Waals surface area (Å²) in [5, 5.41) is 0.0379. The summed E-state index contributed by atoms with van der Waals surface area (Å²) < 4.78 is 0. The third-order valence-electron chi connectivity index (χ3n) is 1.50. The van der Waals surface area contributed by atoms with Crippen molar-refractivity contribution in [3.05, 3.63) is 33.8 Å². The van der Waals surface area contributed by atoms with Crippen LogP contribution in [0.2, 0.25) is 10.0 Å². The maximum atomic E-state index is 10.7. The summed E-state index contributed by atoms with van der Waals surface area (Å²) in [5.41, 5.74) is 7.34. The van der Waals surface area contributed by atoms with Crippen LogP contribution < -0.4 is 5.73 Å². The fraction of sp³-hybridized carbons (Fsp3) is 0.125. The monoisotopic (exact) mass is 234 g/mol. The normalized spacial score (nSPS) is 12.5.